The van der Waals surface area contributed by atoms with E-state index in [2.05, 4.69) is 52.3 Å². The third-order valence-corrected chi connectivity index (χ3v) is 7.45. The number of hydrogen-bond acceptors (Lipinski definition) is 6. The van der Waals surface area contributed by atoms with Gasteiger partial charge in [-0.15, -0.1) is 0 Å². The normalized spacial score (nSPS) is 18.5. The van der Waals surface area contributed by atoms with Gasteiger partial charge in [-0.3, -0.25) is 15.2 Å². The summed E-state index contributed by atoms with van der Waals surface area (Å²) in [5.74, 6) is 0.925. The van der Waals surface area contributed by atoms with Gasteiger partial charge in [0.25, 0.3) is 0 Å². The van der Waals surface area contributed by atoms with Crippen molar-refractivity contribution in [1.29, 1.82) is 0 Å². The lowest BCUT2D eigenvalue weighted by Gasteiger charge is -2.32. The van der Waals surface area contributed by atoms with Crippen LogP contribution in [-0.2, 0) is 30.9 Å². The Hall–Kier alpha value is -3.49. The van der Waals surface area contributed by atoms with Crippen LogP contribution in [0.15, 0.2) is 54.7 Å². The second kappa shape index (κ2) is 12.4. The predicted molar refractivity (Wildman–Crippen MR) is 148 cm³/mol. The second-order valence-electron chi connectivity index (χ2n) is 10.1. The van der Waals surface area contributed by atoms with Gasteiger partial charge < -0.3 is 14.6 Å². The molecule has 3 aromatic rings. The number of aromatic nitrogens is 3. The lowest BCUT2D eigenvalue weighted by molar-refractivity contribution is 0.138. The molecule has 0 bridgehead atoms. The summed E-state index contributed by atoms with van der Waals surface area (Å²) in [4.78, 5) is 24.8. The van der Waals surface area contributed by atoms with Crippen molar-refractivity contribution in [3.8, 4) is 0 Å². The van der Waals surface area contributed by atoms with E-state index < -0.39 is 6.09 Å². The third-order valence-electron chi connectivity index (χ3n) is 7.45. The molecule has 8 nitrogen and oxygen atoms in total. The summed E-state index contributed by atoms with van der Waals surface area (Å²) in [5.41, 5.74) is 5.47. The molecule has 0 fully saturated rings. The summed E-state index contributed by atoms with van der Waals surface area (Å²) in [6.45, 7) is 4.23. The zero-order valence-corrected chi connectivity index (χ0v) is 22.4. The highest BCUT2D eigenvalue weighted by Gasteiger charge is 2.28. The summed E-state index contributed by atoms with van der Waals surface area (Å²) < 4.78 is 7.76. The largest absolute Gasteiger partial charge is 0.445 e. The van der Waals surface area contributed by atoms with Gasteiger partial charge in [0.2, 0.25) is 0 Å². The van der Waals surface area contributed by atoms with Gasteiger partial charge in [0.1, 0.15) is 12.4 Å². The van der Waals surface area contributed by atoms with E-state index in [9.17, 15) is 4.79 Å². The van der Waals surface area contributed by atoms with E-state index >= 15 is 0 Å². The number of rotatable bonds is 9. The molecule has 8 heteroatoms. The molecule has 200 valence electrons. The fraction of sp³-hybridized carbons (Fsp3) is 0.433. The minimum atomic E-state index is -0.432. The molecule has 1 aromatic carbocycles. The summed E-state index contributed by atoms with van der Waals surface area (Å²) in [6.07, 6.45) is 11.1. The number of pyridine rings is 1. The Balaban J connectivity index is 1.37. The standard InChI is InChI=1S/C30H38N6O2/c1-3-31-27-16-7-8-17-28-34-24(20-35(2)25-15-9-13-23-14-10-18-32-29(23)25)26(36(27)28)19-33-30(37)38-21-22-11-5-4-6-12-22/h4-6,8,10-12,14,17-18,25,27,31H,3,7,9,13,15-16,19-21H2,1-2H3,(H,33,37)/t25-,27?/m0/s1. The zero-order chi connectivity index (χ0) is 26.3. The number of carbonyl (C=O) groups is 1. The molecule has 2 aliphatic rings. The molecule has 1 unspecified atom stereocenters. The topological polar surface area (TPSA) is 84.3 Å². The Labute approximate surface area is 225 Å². The number of ether oxygens (including phenoxy) is 1. The predicted octanol–water partition coefficient (Wildman–Crippen LogP) is 5.13. The van der Waals surface area contributed by atoms with Crippen LogP contribution in [0.1, 0.15) is 78.8 Å². The minimum absolute atomic E-state index is 0.116. The van der Waals surface area contributed by atoms with Gasteiger partial charge in [-0.25, -0.2) is 9.78 Å². The Morgan fingerprint density at radius 2 is 2.05 bits per heavy atom. The van der Waals surface area contributed by atoms with Crippen LogP contribution in [-0.4, -0.2) is 39.1 Å². The van der Waals surface area contributed by atoms with E-state index in [-0.39, 0.29) is 18.8 Å². The number of benzene rings is 1. The van der Waals surface area contributed by atoms with Crippen molar-refractivity contribution in [2.24, 2.45) is 0 Å². The Bertz CT molecular complexity index is 1250. The van der Waals surface area contributed by atoms with Crippen molar-refractivity contribution in [3.63, 3.8) is 0 Å². The van der Waals surface area contributed by atoms with E-state index in [1.165, 1.54) is 11.3 Å². The first-order chi connectivity index (χ1) is 18.6. The molecule has 2 aromatic heterocycles. The Morgan fingerprint density at radius 1 is 1.18 bits per heavy atom. The lowest BCUT2D eigenvalue weighted by Crippen LogP contribution is -2.32. The molecule has 0 spiro atoms. The average molecular weight is 515 g/mol. The molecule has 3 heterocycles. The van der Waals surface area contributed by atoms with Crippen LogP contribution >= 0.6 is 0 Å². The number of carbonyl (C=O) groups excluding carboxylic acids is 1. The minimum Gasteiger partial charge on any atom is -0.445 e. The van der Waals surface area contributed by atoms with Crippen LogP contribution < -0.4 is 10.6 Å². The van der Waals surface area contributed by atoms with Gasteiger partial charge >= 0.3 is 6.09 Å². The molecule has 0 radical (unpaired) electrons. The number of alkyl carbamates (subject to hydrolysis) is 1. The maximum Gasteiger partial charge on any atom is 0.407 e. The number of allylic oxidation sites excluding steroid dienone is 1. The quantitative estimate of drug-likeness (QED) is 0.412. The molecule has 2 N–H and O–H groups in total. The number of amides is 1. The van der Waals surface area contributed by atoms with E-state index in [0.29, 0.717) is 13.1 Å². The monoisotopic (exact) mass is 514 g/mol. The fourth-order valence-corrected chi connectivity index (χ4v) is 5.60. The van der Waals surface area contributed by atoms with Crippen LogP contribution in [0.25, 0.3) is 6.08 Å². The van der Waals surface area contributed by atoms with Crippen molar-refractivity contribution in [1.82, 2.24) is 30.1 Å². The molecule has 38 heavy (non-hydrogen) atoms. The highest BCUT2D eigenvalue weighted by atomic mass is 16.5. The van der Waals surface area contributed by atoms with Gasteiger partial charge in [-0.2, -0.15) is 0 Å². The molecule has 0 saturated carbocycles. The summed E-state index contributed by atoms with van der Waals surface area (Å²) in [5, 5.41) is 6.61. The number of nitrogens with zero attached hydrogens (tertiary/aromatic N) is 4. The molecular formula is C30H38N6O2. The van der Waals surface area contributed by atoms with Crippen LogP contribution in [0.2, 0.25) is 0 Å². The van der Waals surface area contributed by atoms with Gasteiger partial charge in [-0.05, 0) is 69.0 Å². The van der Waals surface area contributed by atoms with E-state index in [1.807, 2.05) is 42.6 Å². The maximum absolute atomic E-state index is 12.7. The summed E-state index contributed by atoms with van der Waals surface area (Å²) >= 11 is 0. The fourth-order valence-electron chi connectivity index (χ4n) is 5.60. The number of nitrogens with one attached hydrogen (secondary N) is 2. The van der Waals surface area contributed by atoms with Crippen molar-refractivity contribution < 1.29 is 9.53 Å². The van der Waals surface area contributed by atoms with Crippen LogP contribution in [0, 0.1) is 0 Å². The first-order valence-corrected chi connectivity index (χ1v) is 13.7. The molecule has 5 rings (SSSR count). The smallest absolute Gasteiger partial charge is 0.407 e. The van der Waals surface area contributed by atoms with E-state index in [4.69, 9.17) is 14.7 Å². The van der Waals surface area contributed by atoms with Gasteiger partial charge in [0.15, 0.2) is 0 Å². The van der Waals surface area contributed by atoms with Gasteiger partial charge in [-0.1, -0.05) is 49.4 Å². The summed E-state index contributed by atoms with van der Waals surface area (Å²) in [7, 11) is 2.15. The van der Waals surface area contributed by atoms with Crippen molar-refractivity contribution in [2.45, 2.75) is 70.9 Å². The summed E-state index contributed by atoms with van der Waals surface area (Å²) in [6, 6.07) is 14.2. The van der Waals surface area contributed by atoms with Crippen LogP contribution in [0.4, 0.5) is 4.79 Å². The second-order valence-corrected chi connectivity index (χ2v) is 10.1. The van der Waals surface area contributed by atoms with Crippen molar-refractivity contribution >= 4 is 12.2 Å². The number of fused-ring (bicyclic) bond motifs is 2. The number of imidazole rings is 1. The van der Waals surface area contributed by atoms with Crippen LogP contribution in [0.5, 0.6) is 0 Å². The number of aryl methyl sites for hydroxylation is 1. The molecular weight excluding hydrogens is 476 g/mol. The first kappa shape index (κ1) is 26.1. The molecule has 1 aliphatic carbocycles. The lowest BCUT2D eigenvalue weighted by atomic mass is 9.91. The van der Waals surface area contributed by atoms with E-state index in [1.54, 1.807) is 0 Å². The maximum atomic E-state index is 12.7. The van der Waals surface area contributed by atoms with Crippen molar-refractivity contribution in [3.05, 3.63) is 88.8 Å². The zero-order valence-electron chi connectivity index (χ0n) is 22.4. The number of hydrogen-bond donors (Lipinski definition) is 2. The van der Waals surface area contributed by atoms with Crippen LogP contribution in [0.3, 0.4) is 0 Å². The highest BCUT2D eigenvalue weighted by Crippen LogP contribution is 2.33. The molecule has 0 saturated heterocycles. The molecule has 1 amide bonds. The Morgan fingerprint density at radius 3 is 2.89 bits per heavy atom. The highest BCUT2D eigenvalue weighted by molar-refractivity contribution is 5.67. The molecule has 2 atom stereocenters. The van der Waals surface area contributed by atoms with Crippen molar-refractivity contribution in [2.75, 3.05) is 13.6 Å². The third kappa shape index (κ3) is 5.97. The van der Waals surface area contributed by atoms with Gasteiger partial charge in [0.05, 0.1) is 35.8 Å². The SMILES string of the molecule is CCNC1CCC=Cc2nc(CN(C)[C@H]3CCCc4cccnc43)c(CNC(=O)OCc3ccccc3)n21. The van der Waals surface area contributed by atoms with Gasteiger partial charge in [0, 0.05) is 12.7 Å². The Kier molecular flexibility index (Phi) is 8.51. The average Bonchev–Trinajstić information content (AvgIpc) is 3.16. The first-order valence-electron chi connectivity index (χ1n) is 13.7. The van der Waals surface area contributed by atoms with E-state index in [0.717, 1.165) is 61.4 Å². The molecule has 1 aliphatic heterocycles.